The maximum atomic E-state index is 12.3. The fraction of sp³-hybridized carbons (Fsp3) is 0.278. The molecule has 2 aromatic rings. The van der Waals surface area contributed by atoms with Gasteiger partial charge in [-0.15, -0.1) is 0 Å². The molecule has 1 heterocycles. The van der Waals surface area contributed by atoms with Gasteiger partial charge in [0.2, 0.25) is 15.9 Å². The van der Waals surface area contributed by atoms with E-state index in [1.165, 1.54) is 12.1 Å². The lowest BCUT2D eigenvalue weighted by atomic mass is 10.2. The standard InChI is InChI=1S/C18H20Cl2N4O3S/c19-13-9-14(20)11-15(10-13)22-18(25)12-23-5-7-24(8-6-23)16-1-3-17(4-2-16)28(21,26)27/h1-4,9-11H,5-8,12H2,(H,22,25)(H2,21,26,27). The van der Waals surface area contributed by atoms with Crippen LogP contribution in [-0.2, 0) is 14.8 Å². The van der Waals surface area contributed by atoms with Gasteiger partial charge < -0.3 is 10.2 Å². The fourth-order valence-electron chi connectivity index (χ4n) is 3.04. The summed E-state index contributed by atoms with van der Waals surface area (Å²) >= 11 is 11.9. The second kappa shape index (κ2) is 8.67. The zero-order valence-electron chi connectivity index (χ0n) is 14.9. The molecule has 3 N–H and O–H groups in total. The molecule has 0 unspecified atom stereocenters. The van der Waals surface area contributed by atoms with Crippen molar-refractivity contribution in [2.24, 2.45) is 5.14 Å². The average Bonchev–Trinajstić information content (AvgIpc) is 2.61. The first-order chi connectivity index (χ1) is 13.2. The largest absolute Gasteiger partial charge is 0.369 e. The third-order valence-corrected chi connectivity index (χ3v) is 5.78. The highest BCUT2D eigenvalue weighted by atomic mass is 35.5. The molecule has 0 radical (unpaired) electrons. The number of anilines is 2. The van der Waals surface area contributed by atoms with Crippen LogP contribution in [-0.4, -0.2) is 51.9 Å². The Morgan fingerprint density at radius 1 is 1.00 bits per heavy atom. The number of nitrogens with one attached hydrogen (secondary N) is 1. The Morgan fingerprint density at radius 2 is 1.57 bits per heavy atom. The summed E-state index contributed by atoms with van der Waals surface area (Å²) in [5, 5.41) is 8.85. The van der Waals surface area contributed by atoms with E-state index in [0.29, 0.717) is 28.8 Å². The van der Waals surface area contributed by atoms with E-state index in [4.69, 9.17) is 28.3 Å². The summed E-state index contributed by atoms with van der Waals surface area (Å²) in [6.07, 6.45) is 0. The summed E-state index contributed by atoms with van der Waals surface area (Å²) in [4.78, 5) is 16.5. The van der Waals surface area contributed by atoms with E-state index in [1.807, 2.05) is 0 Å². The molecule has 1 aliphatic heterocycles. The Kier molecular flexibility index (Phi) is 6.47. The number of nitrogens with two attached hydrogens (primary N) is 1. The molecule has 0 aliphatic carbocycles. The first-order valence-electron chi connectivity index (χ1n) is 8.57. The molecule has 1 fully saturated rings. The number of benzene rings is 2. The van der Waals surface area contributed by atoms with Gasteiger partial charge in [0.15, 0.2) is 0 Å². The number of carbonyl (C=O) groups excluding carboxylic acids is 1. The molecule has 1 saturated heterocycles. The van der Waals surface area contributed by atoms with Crippen LogP contribution in [0.4, 0.5) is 11.4 Å². The topological polar surface area (TPSA) is 95.7 Å². The number of sulfonamides is 1. The van der Waals surface area contributed by atoms with Crippen molar-refractivity contribution in [2.45, 2.75) is 4.90 Å². The highest BCUT2D eigenvalue weighted by molar-refractivity contribution is 7.89. The van der Waals surface area contributed by atoms with Crippen molar-refractivity contribution in [3.63, 3.8) is 0 Å². The van der Waals surface area contributed by atoms with Crippen molar-refractivity contribution in [3.05, 3.63) is 52.5 Å². The van der Waals surface area contributed by atoms with Crippen LogP contribution in [0.3, 0.4) is 0 Å². The quantitative estimate of drug-likeness (QED) is 0.740. The third kappa shape index (κ3) is 5.59. The van der Waals surface area contributed by atoms with E-state index in [2.05, 4.69) is 15.1 Å². The van der Waals surface area contributed by atoms with Crippen molar-refractivity contribution in [1.82, 2.24) is 4.90 Å². The van der Waals surface area contributed by atoms with E-state index in [0.717, 1.165) is 18.8 Å². The minimum atomic E-state index is -3.69. The molecule has 0 aromatic heterocycles. The van der Waals surface area contributed by atoms with E-state index in [-0.39, 0.29) is 17.3 Å². The molecule has 3 rings (SSSR count). The van der Waals surface area contributed by atoms with Crippen molar-refractivity contribution >= 4 is 50.5 Å². The maximum Gasteiger partial charge on any atom is 0.238 e. The molecular formula is C18H20Cl2N4O3S. The van der Waals surface area contributed by atoms with E-state index >= 15 is 0 Å². The number of halogens is 2. The summed E-state index contributed by atoms with van der Waals surface area (Å²) < 4.78 is 22.7. The van der Waals surface area contributed by atoms with Gasteiger partial charge in [0, 0.05) is 47.6 Å². The normalized spacial score (nSPS) is 15.5. The number of nitrogens with zero attached hydrogens (tertiary/aromatic N) is 2. The Morgan fingerprint density at radius 3 is 2.11 bits per heavy atom. The lowest BCUT2D eigenvalue weighted by Crippen LogP contribution is -2.48. The summed E-state index contributed by atoms with van der Waals surface area (Å²) in [5.74, 6) is -0.135. The number of hydrogen-bond donors (Lipinski definition) is 2. The lowest BCUT2D eigenvalue weighted by Gasteiger charge is -2.35. The minimum Gasteiger partial charge on any atom is -0.369 e. The van der Waals surface area contributed by atoms with E-state index in [1.54, 1.807) is 30.3 Å². The summed E-state index contributed by atoms with van der Waals surface area (Å²) in [5.41, 5.74) is 1.49. The Labute approximate surface area is 174 Å². The first-order valence-corrected chi connectivity index (χ1v) is 10.9. The maximum absolute atomic E-state index is 12.3. The van der Waals surface area contributed by atoms with Gasteiger partial charge in [-0.2, -0.15) is 0 Å². The Bertz CT molecular complexity index is 939. The number of hydrogen-bond acceptors (Lipinski definition) is 5. The van der Waals surface area contributed by atoms with Crippen molar-refractivity contribution in [2.75, 3.05) is 42.9 Å². The third-order valence-electron chi connectivity index (χ3n) is 4.42. The number of piperazine rings is 1. The van der Waals surface area contributed by atoms with Gasteiger partial charge in [-0.25, -0.2) is 13.6 Å². The van der Waals surface area contributed by atoms with Crippen LogP contribution in [0, 0.1) is 0 Å². The van der Waals surface area contributed by atoms with Gasteiger partial charge in [0.25, 0.3) is 0 Å². The Balaban J connectivity index is 1.51. The van der Waals surface area contributed by atoms with Gasteiger partial charge in [-0.3, -0.25) is 9.69 Å². The summed E-state index contributed by atoms with van der Waals surface area (Å²) in [6, 6.07) is 11.4. The number of carbonyl (C=O) groups is 1. The predicted octanol–water partition coefficient (Wildman–Crippen LogP) is 2.40. The number of amides is 1. The van der Waals surface area contributed by atoms with Crippen LogP contribution >= 0.6 is 23.2 Å². The monoisotopic (exact) mass is 442 g/mol. The highest BCUT2D eigenvalue weighted by Crippen LogP contribution is 2.23. The molecule has 0 atom stereocenters. The zero-order chi connectivity index (χ0) is 20.3. The van der Waals surface area contributed by atoms with Crippen molar-refractivity contribution in [3.8, 4) is 0 Å². The fourth-order valence-corrected chi connectivity index (χ4v) is 4.08. The molecule has 150 valence electrons. The molecule has 7 nitrogen and oxygen atoms in total. The second-order valence-corrected chi connectivity index (χ2v) is 8.94. The highest BCUT2D eigenvalue weighted by Gasteiger charge is 2.20. The molecule has 0 saturated carbocycles. The van der Waals surface area contributed by atoms with Gasteiger partial charge in [-0.05, 0) is 42.5 Å². The van der Waals surface area contributed by atoms with Crippen LogP contribution in [0.15, 0.2) is 47.4 Å². The lowest BCUT2D eigenvalue weighted by molar-refractivity contribution is -0.117. The van der Waals surface area contributed by atoms with Crippen LogP contribution in [0.5, 0.6) is 0 Å². The van der Waals surface area contributed by atoms with E-state index in [9.17, 15) is 13.2 Å². The second-order valence-electron chi connectivity index (χ2n) is 6.51. The Hall–Kier alpha value is -1.84. The molecular weight excluding hydrogens is 423 g/mol. The number of rotatable bonds is 5. The van der Waals surface area contributed by atoms with Crippen LogP contribution in [0.1, 0.15) is 0 Å². The van der Waals surface area contributed by atoms with Gasteiger partial charge in [0.05, 0.1) is 11.4 Å². The summed E-state index contributed by atoms with van der Waals surface area (Å²) in [7, 11) is -3.69. The van der Waals surface area contributed by atoms with Crippen molar-refractivity contribution < 1.29 is 13.2 Å². The molecule has 1 amide bonds. The van der Waals surface area contributed by atoms with Crippen LogP contribution in [0.25, 0.3) is 0 Å². The molecule has 10 heteroatoms. The SMILES string of the molecule is NS(=O)(=O)c1ccc(N2CCN(CC(=O)Nc3cc(Cl)cc(Cl)c3)CC2)cc1. The molecule has 1 aliphatic rings. The van der Waals surface area contributed by atoms with E-state index < -0.39 is 10.0 Å². The predicted molar refractivity (Wildman–Crippen MR) is 112 cm³/mol. The average molecular weight is 443 g/mol. The van der Waals surface area contributed by atoms with Gasteiger partial charge in [-0.1, -0.05) is 23.2 Å². The zero-order valence-corrected chi connectivity index (χ0v) is 17.3. The van der Waals surface area contributed by atoms with Gasteiger partial charge >= 0.3 is 0 Å². The molecule has 0 spiro atoms. The number of primary sulfonamides is 1. The van der Waals surface area contributed by atoms with Crippen LogP contribution < -0.4 is 15.4 Å². The smallest absolute Gasteiger partial charge is 0.238 e. The van der Waals surface area contributed by atoms with Gasteiger partial charge in [0.1, 0.15) is 0 Å². The van der Waals surface area contributed by atoms with Crippen LogP contribution in [0.2, 0.25) is 10.0 Å². The van der Waals surface area contributed by atoms with Crippen molar-refractivity contribution in [1.29, 1.82) is 0 Å². The summed E-state index contributed by atoms with van der Waals surface area (Å²) in [6.45, 7) is 3.14. The molecule has 0 bridgehead atoms. The molecule has 28 heavy (non-hydrogen) atoms. The first kappa shape index (κ1) is 20.9. The molecule has 2 aromatic carbocycles. The minimum absolute atomic E-state index is 0.0904.